The van der Waals surface area contributed by atoms with E-state index < -0.39 is 0 Å². The summed E-state index contributed by atoms with van der Waals surface area (Å²) in [7, 11) is 1.93. The fourth-order valence-corrected chi connectivity index (χ4v) is 0.928. The standard InChI is InChI=1S/C9H14N2/c1-10-8-11-7-9-5-3-2-4-6-9/h2-6,10-11H,7-8H2,1H3. The molecule has 0 fully saturated rings. The Hall–Kier alpha value is -0.860. The largest absolute Gasteiger partial charge is 0.308 e. The summed E-state index contributed by atoms with van der Waals surface area (Å²) in [6, 6.07) is 10.4. The quantitative estimate of drug-likeness (QED) is 0.493. The molecular weight excluding hydrogens is 136 g/mol. The molecule has 0 radical (unpaired) electrons. The Bertz CT molecular complexity index is 184. The highest BCUT2D eigenvalue weighted by Gasteiger charge is 1.87. The maximum Gasteiger partial charge on any atom is 0.0454 e. The first-order valence-corrected chi connectivity index (χ1v) is 3.82. The Morgan fingerprint density at radius 1 is 1.18 bits per heavy atom. The molecule has 2 nitrogen and oxygen atoms in total. The van der Waals surface area contributed by atoms with Gasteiger partial charge in [-0.1, -0.05) is 30.3 Å². The van der Waals surface area contributed by atoms with Crippen LogP contribution in [0.2, 0.25) is 0 Å². The van der Waals surface area contributed by atoms with Crippen molar-refractivity contribution in [1.82, 2.24) is 10.6 Å². The third kappa shape index (κ3) is 3.16. The van der Waals surface area contributed by atoms with Crippen molar-refractivity contribution in [2.24, 2.45) is 0 Å². The fourth-order valence-electron chi connectivity index (χ4n) is 0.928. The third-order valence-corrected chi connectivity index (χ3v) is 1.47. The molecule has 0 unspecified atom stereocenters. The van der Waals surface area contributed by atoms with E-state index in [-0.39, 0.29) is 0 Å². The summed E-state index contributed by atoms with van der Waals surface area (Å²) in [6.45, 7) is 1.79. The molecule has 0 atom stereocenters. The van der Waals surface area contributed by atoms with Crippen molar-refractivity contribution < 1.29 is 0 Å². The monoisotopic (exact) mass is 150 g/mol. The van der Waals surface area contributed by atoms with Crippen LogP contribution in [0.4, 0.5) is 0 Å². The molecule has 0 aliphatic rings. The van der Waals surface area contributed by atoms with E-state index in [1.165, 1.54) is 5.56 Å². The predicted octanol–water partition coefficient (Wildman–Crippen LogP) is 0.953. The van der Waals surface area contributed by atoms with Gasteiger partial charge in [0.15, 0.2) is 0 Å². The smallest absolute Gasteiger partial charge is 0.0454 e. The third-order valence-electron chi connectivity index (χ3n) is 1.47. The highest BCUT2D eigenvalue weighted by atomic mass is 15.0. The summed E-state index contributed by atoms with van der Waals surface area (Å²) in [5.41, 5.74) is 1.32. The van der Waals surface area contributed by atoms with Gasteiger partial charge in [-0.05, 0) is 12.6 Å². The average Bonchev–Trinajstić information content (AvgIpc) is 2.07. The predicted molar refractivity (Wildman–Crippen MR) is 47.2 cm³/mol. The van der Waals surface area contributed by atoms with Crippen LogP contribution >= 0.6 is 0 Å². The fraction of sp³-hybridized carbons (Fsp3) is 0.333. The summed E-state index contributed by atoms with van der Waals surface area (Å²) >= 11 is 0. The van der Waals surface area contributed by atoms with Gasteiger partial charge in [0.1, 0.15) is 0 Å². The van der Waals surface area contributed by atoms with Crippen LogP contribution < -0.4 is 10.6 Å². The normalized spacial score (nSPS) is 9.91. The highest BCUT2D eigenvalue weighted by molar-refractivity contribution is 5.14. The van der Waals surface area contributed by atoms with E-state index in [9.17, 15) is 0 Å². The summed E-state index contributed by atoms with van der Waals surface area (Å²) in [5, 5.41) is 6.27. The van der Waals surface area contributed by atoms with Crippen molar-refractivity contribution in [1.29, 1.82) is 0 Å². The second-order valence-electron chi connectivity index (χ2n) is 2.44. The van der Waals surface area contributed by atoms with E-state index in [4.69, 9.17) is 0 Å². The number of hydrogen-bond acceptors (Lipinski definition) is 2. The van der Waals surface area contributed by atoms with Crippen LogP contribution in [0, 0.1) is 0 Å². The first-order chi connectivity index (χ1) is 5.43. The summed E-state index contributed by atoms with van der Waals surface area (Å²) in [6.07, 6.45) is 0. The highest BCUT2D eigenvalue weighted by Crippen LogP contribution is 1.95. The molecule has 0 aromatic heterocycles. The molecular formula is C9H14N2. The van der Waals surface area contributed by atoms with Crippen molar-refractivity contribution in [2.75, 3.05) is 13.7 Å². The van der Waals surface area contributed by atoms with E-state index in [2.05, 4.69) is 34.9 Å². The van der Waals surface area contributed by atoms with Crippen LogP contribution in [0.3, 0.4) is 0 Å². The van der Waals surface area contributed by atoms with Gasteiger partial charge >= 0.3 is 0 Å². The van der Waals surface area contributed by atoms with E-state index in [1.54, 1.807) is 0 Å². The van der Waals surface area contributed by atoms with Crippen molar-refractivity contribution >= 4 is 0 Å². The van der Waals surface area contributed by atoms with Gasteiger partial charge in [-0.2, -0.15) is 0 Å². The molecule has 0 amide bonds. The summed E-state index contributed by atoms with van der Waals surface area (Å²) in [4.78, 5) is 0. The molecule has 0 saturated carbocycles. The Labute approximate surface area is 67.6 Å². The minimum Gasteiger partial charge on any atom is -0.308 e. The van der Waals surface area contributed by atoms with Crippen LogP contribution in [-0.2, 0) is 6.54 Å². The van der Waals surface area contributed by atoms with Gasteiger partial charge in [-0.3, -0.25) is 0 Å². The summed E-state index contributed by atoms with van der Waals surface area (Å²) < 4.78 is 0. The molecule has 2 N–H and O–H groups in total. The lowest BCUT2D eigenvalue weighted by atomic mass is 10.2. The van der Waals surface area contributed by atoms with E-state index in [0.717, 1.165) is 13.2 Å². The minimum atomic E-state index is 0.856. The summed E-state index contributed by atoms with van der Waals surface area (Å²) in [5.74, 6) is 0. The molecule has 1 aromatic carbocycles. The molecule has 0 aliphatic carbocycles. The SMILES string of the molecule is CNCNCc1ccccc1. The van der Waals surface area contributed by atoms with Gasteiger partial charge < -0.3 is 10.6 Å². The van der Waals surface area contributed by atoms with Crippen molar-refractivity contribution in [2.45, 2.75) is 6.54 Å². The van der Waals surface area contributed by atoms with Crippen molar-refractivity contribution in [3.63, 3.8) is 0 Å². The first-order valence-electron chi connectivity index (χ1n) is 3.82. The lowest BCUT2D eigenvalue weighted by Gasteiger charge is -2.02. The zero-order valence-electron chi connectivity index (χ0n) is 6.80. The molecule has 0 saturated heterocycles. The number of nitrogens with one attached hydrogen (secondary N) is 2. The minimum absolute atomic E-state index is 0.856. The zero-order chi connectivity index (χ0) is 7.94. The van der Waals surface area contributed by atoms with Crippen molar-refractivity contribution in [3.8, 4) is 0 Å². The molecule has 0 spiro atoms. The van der Waals surface area contributed by atoms with Gasteiger partial charge in [-0.15, -0.1) is 0 Å². The molecule has 2 heteroatoms. The number of hydrogen-bond donors (Lipinski definition) is 2. The second kappa shape index (κ2) is 4.88. The molecule has 60 valence electrons. The van der Waals surface area contributed by atoms with Crippen LogP contribution in [0.25, 0.3) is 0 Å². The van der Waals surface area contributed by atoms with E-state index >= 15 is 0 Å². The maximum absolute atomic E-state index is 3.24. The maximum atomic E-state index is 3.24. The lowest BCUT2D eigenvalue weighted by Crippen LogP contribution is -2.25. The molecule has 0 bridgehead atoms. The lowest BCUT2D eigenvalue weighted by molar-refractivity contribution is 0.632. The Balaban J connectivity index is 2.28. The number of rotatable bonds is 4. The second-order valence-corrected chi connectivity index (χ2v) is 2.44. The van der Waals surface area contributed by atoms with Crippen LogP contribution in [0.1, 0.15) is 5.56 Å². The zero-order valence-corrected chi connectivity index (χ0v) is 6.80. The average molecular weight is 150 g/mol. The molecule has 1 rings (SSSR count). The van der Waals surface area contributed by atoms with Gasteiger partial charge in [0.05, 0.1) is 0 Å². The Morgan fingerprint density at radius 2 is 1.91 bits per heavy atom. The van der Waals surface area contributed by atoms with E-state index in [0.29, 0.717) is 0 Å². The molecule has 0 aliphatic heterocycles. The van der Waals surface area contributed by atoms with Gasteiger partial charge in [0, 0.05) is 13.2 Å². The van der Waals surface area contributed by atoms with Crippen LogP contribution in [0.15, 0.2) is 30.3 Å². The Morgan fingerprint density at radius 3 is 2.55 bits per heavy atom. The van der Waals surface area contributed by atoms with Gasteiger partial charge in [0.2, 0.25) is 0 Å². The first kappa shape index (κ1) is 8.24. The topological polar surface area (TPSA) is 24.1 Å². The number of benzene rings is 1. The molecule has 1 aromatic rings. The van der Waals surface area contributed by atoms with Crippen LogP contribution in [0.5, 0.6) is 0 Å². The van der Waals surface area contributed by atoms with E-state index in [1.807, 2.05) is 13.1 Å². The van der Waals surface area contributed by atoms with Crippen molar-refractivity contribution in [3.05, 3.63) is 35.9 Å². The van der Waals surface area contributed by atoms with Gasteiger partial charge in [-0.25, -0.2) is 0 Å². The molecule has 0 heterocycles. The van der Waals surface area contributed by atoms with Crippen LogP contribution in [-0.4, -0.2) is 13.7 Å². The Kier molecular flexibility index (Phi) is 3.65. The molecule has 11 heavy (non-hydrogen) atoms. The van der Waals surface area contributed by atoms with Gasteiger partial charge in [0.25, 0.3) is 0 Å².